The number of hydrogen-bond acceptors (Lipinski definition) is 5. The van der Waals surface area contributed by atoms with Gasteiger partial charge in [0.1, 0.15) is 6.73 Å². The molecule has 0 aliphatic heterocycles. The van der Waals surface area contributed by atoms with Crippen molar-refractivity contribution in [1.82, 2.24) is 9.55 Å². The number of benzene rings is 1. The molecule has 0 spiro atoms. The van der Waals surface area contributed by atoms with E-state index in [-0.39, 0.29) is 6.73 Å². The molecule has 0 amide bonds. The highest BCUT2D eigenvalue weighted by Crippen LogP contribution is 2.25. The second kappa shape index (κ2) is 6.06. The summed E-state index contributed by atoms with van der Waals surface area (Å²) in [7, 11) is -0.0115. The Kier molecular flexibility index (Phi) is 4.43. The molecule has 1 heterocycles. The number of hydrogen-bond donors (Lipinski definition) is 2. The first-order valence-electron chi connectivity index (χ1n) is 5.35. The van der Waals surface area contributed by atoms with Crippen LogP contribution < -0.4 is 5.59 Å². The summed E-state index contributed by atoms with van der Waals surface area (Å²) < 4.78 is 6.67. The van der Waals surface area contributed by atoms with Gasteiger partial charge in [-0.1, -0.05) is 30.0 Å². The largest absolute Gasteiger partial charge is 0.507 e. The van der Waals surface area contributed by atoms with Crippen LogP contribution in [0.3, 0.4) is 0 Å². The summed E-state index contributed by atoms with van der Waals surface area (Å²) in [5.74, 6) is 0. The molecular weight excluding hydrogens is 251 g/mol. The maximum Gasteiger partial charge on any atom is 0.507 e. The van der Waals surface area contributed by atoms with Crippen molar-refractivity contribution in [2.75, 3.05) is 7.11 Å². The molecule has 5 nitrogen and oxygen atoms in total. The Balaban J connectivity index is 2.27. The highest BCUT2D eigenvalue weighted by molar-refractivity contribution is 7.99. The fourth-order valence-electron chi connectivity index (χ4n) is 1.51. The number of imidazole rings is 1. The number of rotatable bonds is 5. The Bertz CT molecular complexity index is 504. The minimum Gasteiger partial charge on any atom is -0.422 e. The van der Waals surface area contributed by atoms with E-state index >= 15 is 0 Å². The van der Waals surface area contributed by atoms with Crippen molar-refractivity contribution in [3.05, 3.63) is 36.5 Å². The molecular formula is C11H13BN2O3S. The number of nitrogens with zero attached hydrogens (tertiary/aromatic N) is 2. The lowest BCUT2D eigenvalue weighted by molar-refractivity contribution is 0.125. The molecule has 0 fully saturated rings. The van der Waals surface area contributed by atoms with Crippen LogP contribution in [0.2, 0.25) is 0 Å². The molecule has 0 unspecified atom stereocenters. The average Bonchev–Trinajstić information content (AvgIpc) is 2.74. The highest BCUT2D eigenvalue weighted by atomic mass is 32.2. The molecule has 0 radical (unpaired) electrons. The van der Waals surface area contributed by atoms with Crippen LogP contribution in [0.4, 0.5) is 0 Å². The van der Waals surface area contributed by atoms with Gasteiger partial charge in [-0.05, 0) is 12.1 Å². The summed E-state index contributed by atoms with van der Waals surface area (Å²) in [6, 6.07) is 9.74. The molecule has 2 aromatic rings. The lowest BCUT2D eigenvalue weighted by Gasteiger charge is -2.09. The van der Waals surface area contributed by atoms with Crippen LogP contribution in [0.15, 0.2) is 46.6 Å². The smallest absolute Gasteiger partial charge is 0.422 e. The number of methoxy groups -OCH3 is 1. The zero-order valence-corrected chi connectivity index (χ0v) is 10.7. The molecule has 18 heavy (non-hydrogen) atoms. The van der Waals surface area contributed by atoms with E-state index in [1.165, 1.54) is 18.0 Å². The van der Waals surface area contributed by atoms with Crippen LogP contribution in [0, 0.1) is 0 Å². The van der Waals surface area contributed by atoms with Crippen LogP contribution >= 0.6 is 11.8 Å². The van der Waals surface area contributed by atoms with Gasteiger partial charge in [-0.25, -0.2) is 4.98 Å². The first-order chi connectivity index (χ1) is 8.72. The SMILES string of the molecule is COCn1c(B(O)O)cnc1Sc1ccccc1. The van der Waals surface area contributed by atoms with E-state index in [9.17, 15) is 10.0 Å². The predicted molar refractivity (Wildman–Crippen MR) is 69.6 cm³/mol. The van der Waals surface area contributed by atoms with Crippen LogP contribution in [0.1, 0.15) is 0 Å². The standard InChI is InChI=1S/C11H13BN2O3S/c1-17-8-14-10(12(15)16)7-13-11(14)18-9-5-3-2-4-6-9/h2-7,15-16H,8H2,1H3. The van der Waals surface area contributed by atoms with Gasteiger partial charge in [-0.2, -0.15) is 0 Å². The van der Waals surface area contributed by atoms with E-state index in [0.717, 1.165) is 4.90 Å². The van der Waals surface area contributed by atoms with Gasteiger partial charge in [0, 0.05) is 18.2 Å². The maximum absolute atomic E-state index is 9.24. The van der Waals surface area contributed by atoms with Crippen molar-refractivity contribution in [3.63, 3.8) is 0 Å². The molecule has 0 atom stereocenters. The quantitative estimate of drug-likeness (QED) is 0.761. The van der Waals surface area contributed by atoms with Crippen molar-refractivity contribution < 1.29 is 14.8 Å². The minimum atomic E-state index is -1.56. The monoisotopic (exact) mass is 264 g/mol. The normalized spacial score (nSPS) is 10.6. The highest BCUT2D eigenvalue weighted by Gasteiger charge is 2.20. The lowest BCUT2D eigenvalue weighted by atomic mass is 9.87. The van der Waals surface area contributed by atoms with Gasteiger partial charge in [0.05, 0.1) is 5.59 Å². The topological polar surface area (TPSA) is 67.5 Å². The van der Waals surface area contributed by atoms with Crippen molar-refractivity contribution in [3.8, 4) is 0 Å². The van der Waals surface area contributed by atoms with Gasteiger partial charge in [0.2, 0.25) is 0 Å². The predicted octanol–water partition coefficient (Wildman–Crippen LogP) is 0.318. The van der Waals surface area contributed by atoms with Crippen LogP contribution in [0.5, 0.6) is 0 Å². The molecule has 0 aliphatic carbocycles. The molecule has 94 valence electrons. The molecule has 7 heteroatoms. The summed E-state index contributed by atoms with van der Waals surface area (Å²) in [6.07, 6.45) is 1.44. The Morgan fingerprint density at radius 2 is 2.06 bits per heavy atom. The van der Waals surface area contributed by atoms with Crippen molar-refractivity contribution >= 4 is 24.5 Å². The van der Waals surface area contributed by atoms with E-state index in [2.05, 4.69) is 4.98 Å². The lowest BCUT2D eigenvalue weighted by Crippen LogP contribution is -2.36. The maximum atomic E-state index is 9.24. The fourth-order valence-corrected chi connectivity index (χ4v) is 2.39. The summed E-state index contributed by atoms with van der Waals surface area (Å²) in [4.78, 5) is 5.20. The molecule has 1 aromatic heterocycles. The molecule has 1 aromatic carbocycles. The zero-order chi connectivity index (χ0) is 13.0. The zero-order valence-electron chi connectivity index (χ0n) is 9.85. The van der Waals surface area contributed by atoms with Crippen LogP contribution in [-0.4, -0.2) is 33.8 Å². The molecule has 0 saturated heterocycles. The van der Waals surface area contributed by atoms with Gasteiger partial charge in [-0.15, -0.1) is 0 Å². The van der Waals surface area contributed by atoms with Crippen molar-refractivity contribution in [2.45, 2.75) is 16.8 Å². The summed E-state index contributed by atoms with van der Waals surface area (Å²) in [6.45, 7) is 0.224. The third-order valence-corrected chi connectivity index (χ3v) is 3.34. The van der Waals surface area contributed by atoms with E-state index in [1.54, 1.807) is 11.7 Å². The second-order valence-electron chi connectivity index (χ2n) is 3.60. The van der Waals surface area contributed by atoms with E-state index in [1.807, 2.05) is 30.3 Å². The van der Waals surface area contributed by atoms with Crippen molar-refractivity contribution in [1.29, 1.82) is 0 Å². The Labute approximate surface area is 110 Å². The second-order valence-corrected chi connectivity index (χ2v) is 4.64. The van der Waals surface area contributed by atoms with Crippen LogP contribution in [0.25, 0.3) is 0 Å². The number of ether oxygens (including phenoxy) is 1. The van der Waals surface area contributed by atoms with E-state index < -0.39 is 7.12 Å². The molecule has 2 N–H and O–H groups in total. The summed E-state index contributed by atoms with van der Waals surface area (Å²) in [5.41, 5.74) is 0.315. The molecule has 0 aliphatic rings. The first kappa shape index (κ1) is 13.2. The summed E-state index contributed by atoms with van der Waals surface area (Å²) >= 11 is 1.44. The van der Waals surface area contributed by atoms with Crippen LogP contribution in [-0.2, 0) is 11.5 Å². The first-order valence-corrected chi connectivity index (χ1v) is 6.17. The Morgan fingerprint density at radius 3 is 2.67 bits per heavy atom. The third kappa shape index (κ3) is 2.94. The van der Waals surface area contributed by atoms with Crippen molar-refractivity contribution in [2.24, 2.45) is 0 Å². The molecule has 0 bridgehead atoms. The Hall–Kier alpha value is -1.28. The van der Waals surface area contributed by atoms with Gasteiger partial charge in [-0.3, -0.25) is 0 Å². The third-order valence-electron chi connectivity index (χ3n) is 2.32. The number of aromatic nitrogens is 2. The minimum absolute atomic E-state index is 0.224. The van der Waals surface area contributed by atoms with Gasteiger partial charge < -0.3 is 19.4 Å². The van der Waals surface area contributed by atoms with E-state index in [4.69, 9.17) is 4.74 Å². The van der Waals surface area contributed by atoms with Gasteiger partial charge >= 0.3 is 7.12 Å². The molecule has 2 rings (SSSR count). The average molecular weight is 264 g/mol. The fraction of sp³-hybridized carbons (Fsp3) is 0.182. The molecule has 0 saturated carbocycles. The van der Waals surface area contributed by atoms with Gasteiger partial charge in [0.15, 0.2) is 5.16 Å². The van der Waals surface area contributed by atoms with Gasteiger partial charge in [0.25, 0.3) is 0 Å². The van der Waals surface area contributed by atoms with E-state index in [0.29, 0.717) is 10.7 Å². The Morgan fingerprint density at radius 1 is 1.33 bits per heavy atom. The summed E-state index contributed by atoms with van der Waals surface area (Å²) in [5, 5.41) is 19.1.